The summed E-state index contributed by atoms with van der Waals surface area (Å²) in [6.07, 6.45) is -2.31. The molecule has 1 aromatic heterocycles. The number of halogens is 3. The van der Waals surface area contributed by atoms with Crippen molar-refractivity contribution in [1.29, 1.82) is 0 Å². The summed E-state index contributed by atoms with van der Waals surface area (Å²) in [5.74, 6) is 0. The first-order chi connectivity index (χ1) is 6.91. The van der Waals surface area contributed by atoms with Gasteiger partial charge in [0.2, 0.25) is 6.20 Å². The van der Waals surface area contributed by atoms with Crippen LogP contribution in [-0.4, -0.2) is 9.91 Å². The van der Waals surface area contributed by atoms with Gasteiger partial charge in [-0.2, -0.15) is 13.2 Å². The van der Waals surface area contributed by atoms with Crippen molar-refractivity contribution >= 4 is 6.08 Å². The van der Waals surface area contributed by atoms with Gasteiger partial charge in [-0.1, -0.05) is 0 Å². The molecule has 1 aromatic rings. The Hall–Kier alpha value is -1.92. The van der Waals surface area contributed by atoms with Gasteiger partial charge in [-0.05, 0) is 12.1 Å². The predicted octanol–water partition coefficient (Wildman–Crippen LogP) is 2.35. The largest absolute Gasteiger partial charge is 0.418 e. The molecule has 0 aliphatic rings. The Morgan fingerprint density at radius 1 is 1.47 bits per heavy atom. The quantitative estimate of drug-likeness (QED) is 0.565. The summed E-state index contributed by atoms with van der Waals surface area (Å²) in [7, 11) is 0. The first-order valence-electron chi connectivity index (χ1n) is 3.75. The molecular formula is C8H5F3N2O2. The molecule has 0 unspecified atom stereocenters. The van der Waals surface area contributed by atoms with Crippen molar-refractivity contribution in [3.63, 3.8) is 0 Å². The van der Waals surface area contributed by atoms with E-state index in [9.17, 15) is 23.3 Å². The lowest BCUT2D eigenvalue weighted by Gasteiger charge is -2.07. The van der Waals surface area contributed by atoms with Gasteiger partial charge in [-0.25, -0.2) is 0 Å². The number of nitrogens with zero attached hydrogens (tertiary/aromatic N) is 2. The van der Waals surface area contributed by atoms with Crippen LogP contribution in [0.3, 0.4) is 0 Å². The number of hydrogen-bond donors (Lipinski definition) is 0. The van der Waals surface area contributed by atoms with Gasteiger partial charge in [0.05, 0.1) is 16.2 Å². The van der Waals surface area contributed by atoms with Gasteiger partial charge in [-0.3, -0.25) is 15.1 Å². The van der Waals surface area contributed by atoms with E-state index >= 15 is 0 Å². The SMILES string of the molecule is O=[N+]([O-])/C=C/c1ncccc1C(F)(F)F. The molecule has 0 saturated carbocycles. The van der Waals surface area contributed by atoms with Gasteiger partial charge >= 0.3 is 6.18 Å². The molecule has 0 N–H and O–H groups in total. The first-order valence-corrected chi connectivity index (χ1v) is 3.75. The van der Waals surface area contributed by atoms with Gasteiger partial charge in [0.25, 0.3) is 0 Å². The molecule has 4 nitrogen and oxygen atoms in total. The molecule has 0 aliphatic carbocycles. The van der Waals surface area contributed by atoms with Crippen molar-refractivity contribution in [2.24, 2.45) is 0 Å². The van der Waals surface area contributed by atoms with Crippen LogP contribution < -0.4 is 0 Å². The Morgan fingerprint density at radius 3 is 2.67 bits per heavy atom. The van der Waals surface area contributed by atoms with Crippen LogP contribution in [0, 0.1) is 10.1 Å². The van der Waals surface area contributed by atoms with E-state index in [0.717, 1.165) is 18.3 Å². The molecule has 0 amide bonds. The van der Waals surface area contributed by atoms with Gasteiger partial charge in [0.15, 0.2) is 0 Å². The van der Waals surface area contributed by atoms with Crippen molar-refractivity contribution < 1.29 is 18.1 Å². The molecule has 80 valence electrons. The molecule has 0 atom stereocenters. The zero-order valence-corrected chi connectivity index (χ0v) is 7.23. The highest BCUT2D eigenvalue weighted by Gasteiger charge is 2.33. The third-order valence-electron chi connectivity index (χ3n) is 1.50. The summed E-state index contributed by atoms with van der Waals surface area (Å²) in [6, 6.07) is 1.93. The number of pyridine rings is 1. The van der Waals surface area contributed by atoms with Crippen LogP contribution in [-0.2, 0) is 6.18 Å². The van der Waals surface area contributed by atoms with Gasteiger partial charge in [-0.15, -0.1) is 0 Å². The predicted molar refractivity (Wildman–Crippen MR) is 45.3 cm³/mol. The Labute approximate surface area is 82.2 Å². The number of aromatic nitrogens is 1. The second-order valence-corrected chi connectivity index (χ2v) is 2.54. The lowest BCUT2D eigenvalue weighted by atomic mass is 10.2. The van der Waals surface area contributed by atoms with E-state index < -0.39 is 22.4 Å². The first kappa shape index (κ1) is 11.2. The summed E-state index contributed by atoms with van der Waals surface area (Å²) in [5, 5.41) is 9.94. The molecule has 0 fully saturated rings. The van der Waals surface area contributed by atoms with Crippen molar-refractivity contribution in [3.8, 4) is 0 Å². The van der Waals surface area contributed by atoms with E-state index in [2.05, 4.69) is 4.98 Å². The Bertz CT molecular complexity index is 401. The van der Waals surface area contributed by atoms with Crippen LogP contribution in [0.1, 0.15) is 11.3 Å². The zero-order valence-electron chi connectivity index (χ0n) is 7.23. The van der Waals surface area contributed by atoms with Crippen LogP contribution in [0.5, 0.6) is 0 Å². The third kappa shape index (κ3) is 3.04. The van der Waals surface area contributed by atoms with Gasteiger partial charge in [0, 0.05) is 12.3 Å². The van der Waals surface area contributed by atoms with Crippen LogP contribution in [0.15, 0.2) is 24.5 Å². The molecule has 0 radical (unpaired) electrons. The summed E-state index contributed by atoms with van der Waals surface area (Å²) in [6.45, 7) is 0. The molecular weight excluding hydrogens is 213 g/mol. The van der Waals surface area contributed by atoms with E-state index in [0.29, 0.717) is 12.3 Å². The number of alkyl halides is 3. The minimum Gasteiger partial charge on any atom is -0.259 e. The average molecular weight is 218 g/mol. The molecule has 0 bridgehead atoms. The maximum atomic E-state index is 12.3. The molecule has 15 heavy (non-hydrogen) atoms. The van der Waals surface area contributed by atoms with Crippen LogP contribution >= 0.6 is 0 Å². The molecule has 1 rings (SSSR count). The van der Waals surface area contributed by atoms with Crippen molar-refractivity contribution in [3.05, 3.63) is 45.9 Å². The van der Waals surface area contributed by atoms with E-state index in [4.69, 9.17) is 0 Å². The third-order valence-corrected chi connectivity index (χ3v) is 1.50. The second kappa shape index (κ2) is 4.07. The monoisotopic (exact) mass is 218 g/mol. The molecule has 0 aliphatic heterocycles. The maximum Gasteiger partial charge on any atom is 0.418 e. The molecule has 0 saturated heterocycles. The van der Waals surface area contributed by atoms with Crippen LogP contribution in [0.2, 0.25) is 0 Å². The molecule has 0 aromatic carbocycles. The fourth-order valence-electron chi connectivity index (χ4n) is 0.921. The Kier molecular flexibility index (Phi) is 3.03. The lowest BCUT2D eigenvalue weighted by Crippen LogP contribution is -2.08. The molecule has 7 heteroatoms. The fraction of sp³-hybridized carbons (Fsp3) is 0.125. The van der Waals surface area contributed by atoms with Gasteiger partial charge < -0.3 is 0 Å². The summed E-state index contributed by atoms with van der Waals surface area (Å²) in [5.41, 5.74) is -1.47. The summed E-state index contributed by atoms with van der Waals surface area (Å²) < 4.78 is 37.0. The highest BCUT2D eigenvalue weighted by Crippen LogP contribution is 2.31. The summed E-state index contributed by atoms with van der Waals surface area (Å²) in [4.78, 5) is 12.5. The number of nitro groups is 1. The highest BCUT2D eigenvalue weighted by molar-refractivity contribution is 5.48. The fourth-order valence-corrected chi connectivity index (χ4v) is 0.921. The highest BCUT2D eigenvalue weighted by atomic mass is 19.4. The number of hydrogen-bond acceptors (Lipinski definition) is 3. The minimum atomic E-state index is -4.56. The molecule has 0 spiro atoms. The number of rotatable bonds is 2. The minimum absolute atomic E-state index is 0.414. The second-order valence-electron chi connectivity index (χ2n) is 2.54. The maximum absolute atomic E-state index is 12.3. The summed E-state index contributed by atoms with van der Waals surface area (Å²) >= 11 is 0. The van der Waals surface area contributed by atoms with E-state index in [1.54, 1.807) is 0 Å². The van der Waals surface area contributed by atoms with Crippen molar-refractivity contribution in [1.82, 2.24) is 4.98 Å². The topological polar surface area (TPSA) is 56.0 Å². The molecule has 1 heterocycles. The lowest BCUT2D eigenvalue weighted by molar-refractivity contribution is -0.401. The van der Waals surface area contributed by atoms with E-state index in [1.807, 2.05) is 0 Å². The Balaban J connectivity index is 3.13. The normalized spacial score (nSPS) is 11.9. The van der Waals surface area contributed by atoms with E-state index in [-0.39, 0.29) is 0 Å². The average Bonchev–Trinajstić information content (AvgIpc) is 2.13. The smallest absolute Gasteiger partial charge is 0.259 e. The van der Waals surface area contributed by atoms with Crippen molar-refractivity contribution in [2.45, 2.75) is 6.18 Å². The van der Waals surface area contributed by atoms with Crippen molar-refractivity contribution in [2.75, 3.05) is 0 Å². The van der Waals surface area contributed by atoms with Crippen LogP contribution in [0.25, 0.3) is 6.08 Å². The standard InChI is InChI=1S/C8H5F3N2O2/c9-8(10,11)6-2-1-4-12-7(6)3-5-13(14)15/h1-5H/b5-3+. The zero-order chi connectivity index (χ0) is 11.5. The Morgan fingerprint density at radius 2 is 2.13 bits per heavy atom. The van der Waals surface area contributed by atoms with E-state index in [1.165, 1.54) is 0 Å². The van der Waals surface area contributed by atoms with Crippen LogP contribution in [0.4, 0.5) is 13.2 Å². The van der Waals surface area contributed by atoms with Gasteiger partial charge in [0.1, 0.15) is 0 Å².